The molecular weight excluding hydrogens is 457 g/mol. The minimum absolute atomic E-state index is 0. The Bertz CT molecular complexity index is 738. The van der Waals surface area contributed by atoms with Crippen LogP contribution in [-0.2, 0) is 13.1 Å². The number of para-hydroxylation sites is 1. The number of nitrogens with one attached hydrogen (secondary N) is 2. The Labute approximate surface area is 178 Å². The highest BCUT2D eigenvalue weighted by Gasteiger charge is 2.07. The van der Waals surface area contributed by atoms with Gasteiger partial charge in [-0.1, -0.05) is 24.3 Å². The molecular formula is C20H28IN3O3. The van der Waals surface area contributed by atoms with Gasteiger partial charge in [0.2, 0.25) is 0 Å². The number of methoxy groups -OCH3 is 2. The molecule has 0 unspecified atom stereocenters. The number of nitrogens with zero attached hydrogens (tertiary/aromatic N) is 1. The van der Waals surface area contributed by atoms with E-state index in [-0.39, 0.29) is 24.0 Å². The van der Waals surface area contributed by atoms with Crippen molar-refractivity contribution in [2.24, 2.45) is 4.99 Å². The lowest BCUT2D eigenvalue weighted by Gasteiger charge is -2.15. The lowest BCUT2D eigenvalue weighted by Crippen LogP contribution is -2.36. The lowest BCUT2D eigenvalue weighted by molar-refractivity contribution is 0.310. The molecule has 0 saturated heterocycles. The first kappa shape index (κ1) is 22.9. The smallest absolute Gasteiger partial charge is 0.191 e. The molecule has 2 aromatic carbocycles. The Morgan fingerprint density at radius 3 is 2.30 bits per heavy atom. The van der Waals surface area contributed by atoms with Crippen LogP contribution in [0.5, 0.6) is 17.2 Å². The van der Waals surface area contributed by atoms with E-state index >= 15 is 0 Å². The number of hydrogen-bond donors (Lipinski definition) is 2. The Morgan fingerprint density at radius 2 is 1.63 bits per heavy atom. The molecule has 0 aliphatic rings. The molecule has 0 atom stereocenters. The maximum atomic E-state index is 5.55. The third-order valence-corrected chi connectivity index (χ3v) is 3.85. The van der Waals surface area contributed by atoms with E-state index < -0.39 is 0 Å². The van der Waals surface area contributed by atoms with E-state index in [0.717, 1.165) is 28.4 Å². The summed E-state index contributed by atoms with van der Waals surface area (Å²) < 4.78 is 16.3. The molecule has 0 bridgehead atoms. The van der Waals surface area contributed by atoms with Crippen LogP contribution in [0.2, 0.25) is 0 Å². The van der Waals surface area contributed by atoms with Crippen LogP contribution in [0.3, 0.4) is 0 Å². The van der Waals surface area contributed by atoms with Crippen molar-refractivity contribution in [2.75, 3.05) is 27.9 Å². The Kier molecular flexibility index (Phi) is 10.4. The maximum Gasteiger partial charge on any atom is 0.191 e. The summed E-state index contributed by atoms with van der Waals surface area (Å²) >= 11 is 0. The molecule has 0 amide bonds. The van der Waals surface area contributed by atoms with Gasteiger partial charge in [0, 0.05) is 25.7 Å². The van der Waals surface area contributed by atoms with E-state index in [1.165, 1.54) is 0 Å². The van der Waals surface area contributed by atoms with Gasteiger partial charge in [0.1, 0.15) is 5.75 Å². The van der Waals surface area contributed by atoms with Crippen LogP contribution >= 0.6 is 24.0 Å². The number of rotatable bonds is 8. The van der Waals surface area contributed by atoms with Gasteiger partial charge in [0.25, 0.3) is 0 Å². The zero-order chi connectivity index (χ0) is 18.8. The largest absolute Gasteiger partial charge is 0.496 e. The first-order valence-electron chi connectivity index (χ1n) is 8.58. The molecule has 6 nitrogen and oxygen atoms in total. The summed E-state index contributed by atoms with van der Waals surface area (Å²) in [5.41, 5.74) is 2.14. The highest BCUT2D eigenvalue weighted by atomic mass is 127. The van der Waals surface area contributed by atoms with Crippen LogP contribution in [0.1, 0.15) is 18.1 Å². The van der Waals surface area contributed by atoms with Crippen molar-refractivity contribution in [1.82, 2.24) is 10.6 Å². The predicted octanol–water partition coefficient (Wildman–Crippen LogP) is 3.59. The van der Waals surface area contributed by atoms with Gasteiger partial charge >= 0.3 is 0 Å². The number of benzene rings is 2. The van der Waals surface area contributed by atoms with E-state index in [2.05, 4.69) is 15.6 Å². The van der Waals surface area contributed by atoms with Gasteiger partial charge in [0.05, 0.1) is 20.8 Å². The van der Waals surface area contributed by atoms with Crippen LogP contribution in [0.25, 0.3) is 0 Å². The van der Waals surface area contributed by atoms with Crippen LogP contribution in [-0.4, -0.2) is 33.8 Å². The van der Waals surface area contributed by atoms with Crippen LogP contribution in [0.15, 0.2) is 47.5 Å². The molecule has 2 N–H and O–H groups in total. The second-order valence-corrected chi connectivity index (χ2v) is 5.51. The summed E-state index contributed by atoms with van der Waals surface area (Å²) in [4.78, 5) is 4.26. The molecule has 2 rings (SSSR count). The molecule has 0 heterocycles. The van der Waals surface area contributed by atoms with Gasteiger partial charge in [0.15, 0.2) is 17.5 Å². The second kappa shape index (κ2) is 12.3. The average molecular weight is 485 g/mol. The lowest BCUT2D eigenvalue weighted by atomic mass is 10.2. The number of aliphatic imine (C=N–C) groups is 1. The second-order valence-electron chi connectivity index (χ2n) is 5.51. The van der Waals surface area contributed by atoms with Crippen LogP contribution in [0, 0.1) is 0 Å². The van der Waals surface area contributed by atoms with Crippen molar-refractivity contribution < 1.29 is 14.2 Å². The molecule has 148 valence electrons. The maximum absolute atomic E-state index is 5.55. The van der Waals surface area contributed by atoms with Gasteiger partial charge in [-0.15, -0.1) is 24.0 Å². The van der Waals surface area contributed by atoms with Crippen LogP contribution in [0.4, 0.5) is 0 Å². The molecule has 0 aromatic heterocycles. The summed E-state index contributed by atoms with van der Waals surface area (Å²) in [5.74, 6) is 3.04. The van der Waals surface area contributed by atoms with Gasteiger partial charge < -0.3 is 24.8 Å². The average Bonchev–Trinajstić information content (AvgIpc) is 2.69. The van der Waals surface area contributed by atoms with Gasteiger partial charge in [-0.2, -0.15) is 0 Å². The van der Waals surface area contributed by atoms with E-state index in [4.69, 9.17) is 14.2 Å². The molecule has 0 radical (unpaired) electrons. The number of guanidine groups is 1. The zero-order valence-electron chi connectivity index (χ0n) is 16.2. The third kappa shape index (κ3) is 6.82. The first-order valence-corrected chi connectivity index (χ1v) is 8.58. The summed E-state index contributed by atoms with van der Waals surface area (Å²) in [5, 5.41) is 6.59. The summed E-state index contributed by atoms with van der Waals surface area (Å²) in [6, 6.07) is 13.8. The molecule has 0 aliphatic carbocycles. The number of ether oxygens (including phenoxy) is 3. The number of hydrogen-bond acceptors (Lipinski definition) is 4. The predicted molar refractivity (Wildman–Crippen MR) is 120 cm³/mol. The molecule has 7 heteroatoms. The molecule has 0 saturated carbocycles. The van der Waals surface area contributed by atoms with Gasteiger partial charge in [-0.05, 0) is 30.7 Å². The van der Waals surface area contributed by atoms with Crippen molar-refractivity contribution in [3.8, 4) is 17.2 Å². The third-order valence-electron chi connectivity index (χ3n) is 3.85. The van der Waals surface area contributed by atoms with Crippen molar-refractivity contribution in [3.05, 3.63) is 53.6 Å². The highest BCUT2D eigenvalue weighted by molar-refractivity contribution is 14.0. The van der Waals surface area contributed by atoms with Gasteiger partial charge in [-0.3, -0.25) is 4.99 Å². The van der Waals surface area contributed by atoms with Gasteiger partial charge in [-0.25, -0.2) is 0 Å². The number of halogens is 1. The van der Waals surface area contributed by atoms with E-state index in [1.807, 2.05) is 49.4 Å². The summed E-state index contributed by atoms with van der Waals surface area (Å²) in [7, 11) is 5.06. The van der Waals surface area contributed by atoms with E-state index in [1.54, 1.807) is 21.3 Å². The zero-order valence-corrected chi connectivity index (χ0v) is 18.6. The SMILES string of the molecule is CCOc1ccc(CNC(=NC)NCc2ccccc2OC)cc1OC.I. The molecule has 2 aromatic rings. The minimum atomic E-state index is 0. The fourth-order valence-electron chi connectivity index (χ4n) is 2.53. The monoisotopic (exact) mass is 485 g/mol. The molecule has 0 aliphatic heterocycles. The Balaban J connectivity index is 0.00000364. The van der Waals surface area contributed by atoms with Crippen LogP contribution < -0.4 is 24.8 Å². The van der Waals surface area contributed by atoms with E-state index in [0.29, 0.717) is 25.7 Å². The van der Waals surface area contributed by atoms with Crippen molar-refractivity contribution >= 4 is 29.9 Å². The van der Waals surface area contributed by atoms with E-state index in [9.17, 15) is 0 Å². The Hall–Kier alpha value is -2.16. The Morgan fingerprint density at radius 1 is 0.926 bits per heavy atom. The highest BCUT2D eigenvalue weighted by Crippen LogP contribution is 2.27. The molecule has 0 spiro atoms. The normalized spacial score (nSPS) is 10.6. The topological polar surface area (TPSA) is 64.1 Å². The standard InChI is InChI=1S/C20H27N3O3.HI/c1-5-26-18-11-10-15(12-19(18)25-4)13-22-20(21-2)23-14-16-8-6-7-9-17(16)24-3;/h6-12H,5,13-14H2,1-4H3,(H2,21,22,23);1H. The molecule has 0 fully saturated rings. The summed E-state index contributed by atoms with van der Waals surface area (Å²) in [6.07, 6.45) is 0. The first-order chi connectivity index (χ1) is 12.7. The fraction of sp³-hybridized carbons (Fsp3) is 0.350. The summed E-state index contributed by atoms with van der Waals surface area (Å²) in [6.45, 7) is 3.80. The molecule has 27 heavy (non-hydrogen) atoms. The van der Waals surface area contributed by atoms with Crippen molar-refractivity contribution in [1.29, 1.82) is 0 Å². The minimum Gasteiger partial charge on any atom is -0.496 e. The fourth-order valence-corrected chi connectivity index (χ4v) is 2.53. The van der Waals surface area contributed by atoms with Crippen molar-refractivity contribution in [2.45, 2.75) is 20.0 Å². The van der Waals surface area contributed by atoms with Crippen molar-refractivity contribution in [3.63, 3.8) is 0 Å². The quantitative estimate of drug-likeness (QED) is 0.340.